The lowest BCUT2D eigenvalue weighted by Gasteiger charge is -2.26. The monoisotopic (exact) mass is 193 g/mol. The van der Waals surface area contributed by atoms with Gasteiger partial charge >= 0.3 is 0 Å². The normalized spacial score (nSPS) is 27.6. The van der Waals surface area contributed by atoms with Crippen LogP contribution in [0.5, 0.6) is 0 Å². The van der Waals surface area contributed by atoms with E-state index in [1.54, 1.807) is 6.20 Å². The van der Waals surface area contributed by atoms with E-state index in [1.807, 2.05) is 19.1 Å². The zero-order valence-electron chi connectivity index (χ0n) is 8.31. The molecule has 2 rings (SSSR count). The Balaban J connectivity index is 2.14. The number of ether oxygens (including phenoxy) is 1. The number of aliphatic hydroxyl groups is 1. The highest BCUT2D eigenvalue weighted by Gasteiger charge is 2.22. The minimum atomic E-state index is -0.240. The summed E-state index contributed by atoms with van der Waals surface area (Å²) in [6.07, 6.45) is 2.92. The van der Waals surface area contributed by atoms with Gasteiger partial charge in [-0.2, -0.15) is 0 Å². The molecule has 0 radical (unpaired) electrons. The third kappa shape index (κ3) is 2.11. The van der Waals surface area contributed by atoms with Crippen LogP contribution in [0.2, 0.25) is 0 Å². The predicted octanol–water partition coefficient (Wildman–Crippen LogP) is 1.60. The van der Waals surface area contributed by atoms with Gasteiger partial charge in [0.25, 0.3) is 0 Å². The molecule has 0 spiro atoms. The molecule has 14 heavy (non-hydrogen) atoms. The fraction of sp³-hybridized carbons (Fsp3) is 0.545. The number of rotatable bonds is 1. The lowest BCUT2D eigenvalue weighted by molar-refractivity contribution is -0.0466. The standard InChI is InChI=1S/C11H15NO2/c1-8-2-4-12-10(6-8)11-7-9(13)3-5-14-11/h2,4,6,9,11,13H,3,5,7H2,1H3. The summed E-state index contributed by atoms with van der Waals surface area (Å²) in [7, 11) is 0. The highest BCUT2D eigenvalue weighted by Crippen LogP contribution is 2.26. The van der Waals surface area contributed by atoms with Crippen molar-refractivity contribution in [3.8, 4) is 0 Å². The zero-order valence-corrected chi connectivity index (χ0v) is 8.31. The highest BCUT2D eigenvalue weighted by atomic mass is 16.5. The first-order chi connectivity index (χ1) is 6.75. The van der Waals surface area contributed by atoms with Crippen LogP contribution in [0.25, 0.3) is 0 Å². The van der Waals surface area contributed by atoms with Gasteiger partial charge < -0.3 is 9.84 Å². The molecule has 76 valence electrons. The minimum absolute atomic E-state index is 0.0290. The number of hydrogen-bond acceptors (Lipinski definition) is 3. The largest absolute Gasteiger partial charge is 0.393 e. The number of nitrogens with zero attached hydrogens (tertiary/aromatic N) is 1. The van der Waals surface area contributed by atoms with Gasteiger partial charge in [0.1, 0.15) is 6.10 Å². The first kappa shape index (κ1) is 9.62. The molecule has 1 N–H and O–H groups in total. The van der Waals surface area contributed by atoms with Gasteiger partial charge in [-0.05, 0) is 31.0 Å². The third-order valence-corrected chi connectivity index (χ3v) is 2.52. The molecule has 0 aliphatic carbocycles. The number of aromatic nitrogens is 1. The van der Waals surface area contributed by atoms with Crippen molar-refractivity contribution in [3.63, 3.8) is 0 Å². The number of aliphatic hydroxyl groups excluding tert-OH is 1. The summed E-state index contributed by atoms with van der Waals surface area (Å²) in [6, 6.07) is 3.98. The zero-order chi connectivity index (χ0) is 9.97. The molecule has 0 saturated carbocycles. The van der Waals surface area contributed by atoms with E-state index >= 15 is 0 Å². The van der Waals surface area contributed by atoms with Crippen molar-refractivity contribution < 1.29 is 9.84 Å². The summed E-state index contributed by atoms with van der Waals surface area (Å²) in [6.45, 7) is 2.66. The minimum Gasteiger partial charge on any atom is -0.393 e. The van der Waals surface area contributed by atoms with Gasteiger partial charge in [0.15, 0.2) is 0 Å². The van der Waals surface area contributed by atoms with Crippen LogP contribution < -0.4 is 0 Å². The Labute approximate surface area is 83.7 Å². The molecule has 1 aliphatic rings. The first-order valence-corrected chi connectivity index (χ1v) is 4.98. The smallest absolute Gasteiger partial charge is 0.102 e. The molecule has 1 fully saturated rings. The Hall–Kier alpha value is -0.930. The van der Waals surface area contributed by atoms with E-state index in [-0.39, 0.29) is 12.2 Å². The Morgan fingerprint density at radius 3 is 3.14 bits per heavy atom. The van der Waals surface area contributed by atoms with E-state index < -0.39 is 0 Å². The molecule has 2 atom stereocenters. The third-order valence-electron chi connectivity index (χ3n) is 2.52. The Kier molecular flexibility index (Phi) is 2.79. The molecular formula is C11H15NO2. The number of aryl methyl sites for hydroxylation is 1. The maximum absolute atomic E-state index is 9.50. The first-order valence-electron chi connectivity index (χ1n) is 4.98. The number of pyridine rings is 1. The second kappa shape index (κ2) is 4.07. The quantitative estimate of drug-likeness (QED) is 0.736. The van der Waals surface area contributed by atoms with Gasteiger partial charge in [-0.3, -0.25) is 4.98 Å². The lowest BCUT2D eigenvalue weighted by atomic mass is 10.0. The van der Waals surface area contributed by atoms with Crippen LogP contribution >= 0.6 is 0 Å². The van der Waals surface area contributed by atoms with Crippen molar-refractivity contribution >= 4 is 0 Å². The fourth-order valence-corrected chi connectivity index (χ4v) is 1.72. The van der Waals surface area contributed by atoms with Crippen LogP contribution in [0.3, 0.4) is 0 Å². The van der Waals surface area contributed by atoms with Crippen molar-refractivity contribution in [1.29, 1.82) is 0 Å². The molecular weight excluding hydrogens is 178 g/mol. The summed E-state index contributed by atoms with van der Waals surface area (Å²) >= 11 is 0. The fourth-order valence-electron chi connectivity index (χ4n) is 1.72. The van der Waals surface area contributed by atoms with Crippen LogP contribution in [0.1, 0.15) is 30.2 Å². The lowest BCUT2D eigenvalue weighted by Crippen LogP contribution is -2.23. The predicted molar refractivity (Wildman–Crippen MR) is 52.9 cm³/mol. The molecule has 3 heteroatoms. The maximum atomic E-state index is 9.50. The second-order valence-corrected chi connectivity index (χ2v) is 3.80. The van der Waals surface area contributed by atoms with Gasteiger partial charge in [0, 0.05) is 19.2 Å². The summed E-state index contributed by atoms with van der Waals surface area (Å²) in [5.41, 5.74) is 2.11. The molecule has 0 aromatic carbocycles. The van der Waals surface area contributed by atoms with Crippen LogP contribution in [0, 0.1) is 6.92 Å². The average Bonchev–Trinajstić information content (AvgIpc) is 2.18. The maximum Gasteiger partial charge on any atom is 0.102 e. The Bertz CT molecular complexity index is 314. The number of hydrogen-bond donors (Lipinski definition) is 1. The molecule has 1 aromatic heterocycles. The van der Waals surface area contributed by atoms with Gasteiger partial charge in [0.05, 0.1) is 11.8 Å². The Morgan fingerprint density at radius 1 is 1.57 bits per heavy atom. The second-order valence-electron chi connectivity index (χ2n) is 3.80. The molecule has 1 aliphatic heterocycles. The molecule has 1 aromatic rings. The highest BCUT2D eigenvalue weighted by molar-refractivity contribution is 5.16. The van der Waals surface area contributed by atoms with E-state index in [0.717, 1.165) is 12.1 Å². The molecule has 1 saturated heterocycles. The summed E-state index contributed by atoms with van der Waals surface area (Å²) < 4.78 is 5.57. The Morgan fingerprint density at radius 2 is 2.43 bits per heavy atom. The average molecular weight is 193 g/mol. The van der Waals surface area contributed by atoms with Crippen molar-refractivity contribution in [2.75, 3.05) is 6.61 Å². The van der Waals surface area contributed by atoms with E-state index in [4.69, 9.17) is 4.74 Å². The molecule has 0 bridgehead atoms. The van der Waals surface area contributed by atoms with Gasteiger partial charge in [-0.15, -0.1) is 0 Å². The van der Waals surface area contributed by atoms with Gasteiger partial charge in [-0.25, -0.2) is 0 Å². The van der Waals surface area contributed by atoms with Crippen LogP contribution in [-0.2, 0) is 4.74 Å². The summed E-state index contributed by atoms with van der Waals surface area (Å²) in [5.74, 6) is 0. The van der Waals surface area contributed by atoms with E-state index in [0.29, 0.717) is 13.0 Å². The van der Waals surface area contributed by atoms with Gasteiger partial charge in [-0.1, -0.05) is 0 Å². The van der Waals surface area contributed by atoms with E-state index in [2.05, 4.69) is 4.98 Å². The van der Waals surface area contributed by atoms with Crippen LogP contribution in [0.4, 0.5) is 0 Å². The topological polar surface area (TPSA) is 42.4 Å². The molecule has 0 amide bonds. The SMILES string of the molecule is Cc1ccnc(C2CC(O)CCO2)c1. The molecule has 2 unspecified atom stereocenters. The van der Waals surface area contributed by atoms with Crippen molar-refractivity contribution in [1.82, 2.24) is 4.98 Å². The van der Waals surface area contributed by atoms with Crippen molar-refractivity contribution in [2.45, 2.75) is 32.0 Å². The molecule has 2 heterocycles. The summed E-state index contributed by atoms with van der Waals surface area (Å²) in [5, 5.41) is 9.50. The van der Waals surface area contributed by atoms with E-state index in [1.165, 1.54) is 5.56 Å². The van der Waals surface area contributed by atoms with Crippen LogP contribution in [-0.4, -0.2) is 22.8 Å². The van der Waals surface area contributed by atoms with Crippen molar-refractivity contribution in [3.05, 3.63) is 29.6 Å². The summed E-state index contributed by atoms with van der Waals surface area (Å²) in [4.78, 5) is 4.26. The molecule has 3 nitrogen and oxygen atoms in total. The van der Waals surface area contributed by atoms with Crippen molar-refractivity contribution in [2.24, 2.45) is 0 Å². The van der Waals surface area contributed by atoms with Crippen LogP contribution in [0.15, 0.2) is 18.3 Å². The van der Waals surface area contributed by atoms with Gasteiger partial charge in [0.2, 0.25) is 0 Å². The van der Waals surface area contributed by atoms with E-state index in [9.17, 15) is 5.11 Å².